The van der Waals surface area contributed by atoms with Crippen molar-refractivity contribution in [1.82, 2.24) is 10.2 Å². The molecule has 1 fully saturated rings. The lowest BCUT2D eigenvalue weighted by Gasteiger charge is -2.21. The molecule has 4 heteroatoms. The Labute approximate surface area is 92.9 Å². The Balaban J connectivity index is 2.12. The third kappa shape index (κ3) is 4.93. The van der Waals surface area contributed by atoms with Crippen LogP contribution in [0.1, 0.15) is 12.8 Å². The Morgan fingerprint density at radius 3 is 2.80 bits per heavy atom. The van der Waals surface area contributed by atoms with E-state index in [4.69, 9.17) is 9.47 Å². The largest absolute Gasteiger partial charge is 0.383 e. The zero-order chi connectivity index (χ0) is 11.1. The highest BCUT2D eigenvalue weighted by molar-refractivity contribution is 4.76. The summed E-state index contributed by atoms with van der Waals surface area (Å²) in [5, 5.41) is 3.16. The molecule has 1 heterocycles. The van der Waals surface area contributed by atoms with Gasteiger partial charge in [0.25, 0.3) is 0 Å². The molecule has 90 valence electrons. The minimum Gasteiger partial charge on any atom is -0.383 e. The minimum atomic E-state index is 0.408. The number of nitrogens with one attached hydrogen (secondary N) is 1. The van der Waals surface area contributed by atoms with E-state index in [9.17, 15) is 0 Å². The monoisotopic (exact) mass is 216 g/mol. The van der Waals surface area contributed by atoms with Gasteiger partial charge in [-0.25, -0.2) is 0 Å². The molecule has 2 unspecified atom stereocenters. The third-order valence-corrected chi connectivity index (χ3v) is 2.82. The van der Waals surface area contributed by atoms with Crippen LogP contribution in [0.5, 0.6) is 0 Å². The second-order valence-corrected chi connectivity index (χ2v) is 4.27. The fourth-order valence-electron chi connectivity index (χ4n) is 1.98. The van der Waals surface area contributed by atoms with Gasteiger partial charge in [0, 0.05) is 26.7 Å². The van der Waals surface area contributed by atoms with Crippen LogP contribution in [0, 0.1) is 0 Å². The summed E-state index contributed by atoms with van der Waals surface area (Å²) in [5.41, 5.74) is 0. The van der Waals surface area contributed by atoms with Gasteiger partial charge in [-0.05, 0) is 26.9 Å². The second-order valence-electron chi connectivity index (χ2n) is 4.27. The number of rotatable bonds is 7. The molecule has 1 N–H and O–H groups in total. The molecule has 0 aromatic carbocycles. The molecule has 2 atom stereocenters. The summed E-state index contributed by atoms with van der Waals surface area (Å²) < 4.78 is 11.0. The van der Waals surface area contributed by atoms with E-state index in [2.05, 4.69) is 17.3 Å². The number of ether oxygens (including phenoxy) is 2. The maximum Gasteiger partial charge on any atom is 0.0707 e. The quantitative estimate of drug-likeness (QED) is 0.665. The zero-order valence-electron chi connectivity index (χ0n) is 10.2. The maximum atomic E-state index is 5.91. The van der Waals surface area contributed by atoms with Gasteiger partial charge in [0.05, 0.1) is 18.8 Å². The molecule has 0 aliphatic carbocycles. The summed E-state index contributed by atoms with van der Waals surface area (Å²) in [7, 11) is 5.83. The van der Waals surface area contributed by atoms with Gasteiger partial charge in [-0.15, -0.1) is 0 Å². The van der Waals surface area contributed by atoms with E-state index in [1.165, 1.54) is 12.8 Å². The first-order valence-electron chi connectivity index (χ1n) is 5.73. The van der Waals surface area contributed by atoms with Crippen LogP contribution in [-0.4, -0.2) is 64.6 Å². The molecule has 1 saturated heterocycles. The first-order valence-corrected chi connectivity index (χ1v) is 5.73. The number of hydrogen-bond donors (Lipinski definition) is 1. The summed E-state index contributed by atoms with van der Waals surface area (Å²) in [6, 6.07) is 0. The van der Waals surface area contributed by atoms with Crippen molar-refractivity contribution in [2.24, 2.45) is 0 Å². The predicted octanol–water partition coefficient (Wildman–Crippen LogP) is 0.332. The number of methoxy groups -OCH3 is 1. The van der Waals surface area contributed by atoms with E-state index in [-0.39, 0.29) is 0 Å². The Morgan fingerprint density at radius 1 is 1.40 bits per heavy atom. The maximum absolute atomic E-state index is 5.91. The average Bonchev–Trinajstić information content (AvgIpc) is 2.63. The molecule has 0 aromatic heterocycles. The van der Waals surface area contributed by atoms with Gasteiger partial charge in [0.2, 0.25) is 0 Å². The average molecular weight is 216 g/mol. The van der Waals surface area contributed by atoms with Crippen LogP contribution in [-0.2, 0) is 9.47 Å². The molecule has 0 bridgehead atoms. The van der Waals surface area contributed by atoms with E-state index in [0.717, 1.165) is 26.2 Å². The van der Waals surface area contributed by atoms with Crippen LogP contribution in [0.2, 0.25) is 0 Å². The Bertz CT molecular complexity index is 167. The van der Waals surface area contributed by atoms with Gasteiger partial charge in [0.15, 0.2) is 0 Å². The van der Waals surface area contributed by atoms with Crippen LogP contribution in [0.3, 0.4) is 0 Å². The number of likely N-dealkylation sites (N-methyl/N-ethyl adjacent to an activating group) is 2. The molecular formula is C11H24N2O2. The molecule has 0 aromatic rings. The minimum absolute atomic E-state index is 0.408. The van der Waals surface area contributed by atoms with Gasteiger partial charge in [-0.2, -0.15) is 0 Å². The summed E-state index contributed by atoms with van der Waals surface area (Å²) >= 11 is 0. The van der Waals surface area contributed by atoms with Crippen LogP contribution in [0.15, 0.2) is 0 Å². The highest BCUT2D eigenvalue weighted by atomic mass is 16.5. The standard InChI is InChI=1S/C11H24N2O2/c1-12-8-10-4-5-11(15-10)9-13(2)6-7-14-3/h10-12H,4-9H2,1-3H3. The zero-order valence-corrected chi connectivity index (χ0v) is 10.2. The molecule has 0 spiro atoms. The van der Waals surface area contributed by atoms with E-state index in [1.807, 2.05) is 7.05 Å². The predicted molar refractivity (Wildman–Crippen MR) is 61.2 cm³/mol. The highest BCUT2D eigenvalue weighted by Crippen LogP contribution is 2.19. The van der Waals surface area contributed by atoms with Crippen molar-refractivity contribution in [3.05, 3.63) is 0 Å². The van der Waals surface area contributed by atoms with Crippen molar-refractivity contribution in [1.29, 1.82) is 0 Å². The van der Waals surface area contributed by atoms with Crippen molar-refractivity contribution in [3.63, 3.8) is 0 Å². The van der Waals surface area contributed by atoms with Crippen molar-refractivity contribution in [3.8, 4) is 0 Å². The van der Waals surface area contributed by atoms with E-state index < -0.39 is 0 Å². The topological polar surface area (TPSA) is 33.7 Å². The second kappa shape index (κ2) is 7.17. The molecule has 0 saturated carbocycles. The molecular weight excluding hydrogens is 192 g/mol. The molecule has 4 nitrogen and oxygen atoms in total. The van der Waals surface area contributed by atoms with Crippen molar-refractivity contribution in [2.45, 2.75) is 25.0 Å². The Morgan fingerprint density at radius 2 is 2.13 bits per heavy atom. The third-order valence-electron chi connectivity index (χ3n) is 2.82. The summed E-state index contributed by atoms with van der Waals surface area (Å²) in [6.45, 7) is 3.76. The lowest BCUT2D eigenvalue weighted by Crippen LogP contribution is -2.32. The van der Waals surface area contributed by atoms with Crippen LogP contribution in [0.25, 0.3) is 0 Å². The molecule has 0 radical (unpaired) electrons. The summed E-state index contributed by atoms with van der Waals surface area (Å²) in [5.74, 6) is 0. The van der Waals surface area contributed by atoms with Crippen LogP contribution in [0.4, 0.5) is 0 Å². The molecule has 15 heavy (non-hydrogen) atoms. The highest BCUT2D eigenvalue weighted by Gasteiger charge is 2.25. The van der Waals surface area contributed by atoms with Gasteiger partial charge in [-0.1, -0.05) is 0 Å². The molecule has 0 amide bonds. The smallest absolute Gasteiger partial charge is 0.0707 e. The summed E-state index contributed by atoms with van der Waals surface area (Å²) in [4.78, 5) is 2.27. The first kappa shape index (κ1) is 12.9. The summed E-state index contributed by atoms with van der Waals surface area (Å²) in [6.07, 6.45) is 3.19. The van der Waals surface area contributed by atoms with Crippen LogP contribution >= 0.6 is 0 Å². The number of hydrogen-bond acceptors (Lipinski definition) is 4. The van der Waals surface area contributed by atoms with Crippen molar-refractivity contribution >= 4 is 0 Å². The van der Waals surface area contributed by atoms with Gasteiger partial charge in [0.1, 0.15) is 0 Å². The molecule has 1 aliphatic rings. The number of nitrogens with zero attached hydrogens (tertiary/aromatic N) is 1. The van der Waals surface area contributed by atoms with E-state index in [0.29, 0.717) is 12.2 Å². The van der Waals surface area contributed by atoms with E-state index in [1.54, 1.807) is 7.11 Å². The van der Waals surface area contributed by atoms with E-state index >= 15 is 0 Å². The van der Waals surface area contributed by atoms with Gasteiger partial charge < -0.3 is 19.7 Å². The lowest BCUT2D eigenvalue weighted by molar-refractivity contribution is 0.0249. The molecule has 1 aliphatic heterocycles. The fraction of sp³-hybridized carbons (Fsp3) is 1.00. The lowest BCUT2D eigenvalue weighted by atomic mass is 10.2. The molecule has 1 rings (SSSR count). The Hall–Kier alpha value is -0.160. The first-order chi connectivity index (χ1) is 7.26. The van der Waals surface area contributed by atoms with Crippen LogP contribution < -0.4 is 5.32 Å². The van der Waals surface area contributed by atoms with Crippen molar-refractivity contribution in [2.75, 3.05) is 47.4 Å². The van der Waals surface area contributed by atoms with Gasteiger partial charge in [-0.3, -0.25) is 0 Å². The Kier molecular flexibility index (Phi) is 6.17. The van der Waals surface area contributed by atoms with Crippen molar-refractivity contribution < 1.29 is 9.47 Å². The normalized spacial score (nSPS) is 26.4. The van der Waals surface area contributed by atoms with Gasteiger partial charge >= 0.3 is 0 Å². The SMILES string of the molecule is CNCC1CCC(CN(C)CCOC)O1. The fourth-order valence-corrected chi connectivity index (χ4v) is 1.98.